The molecule has 0 saturated heterocycles. The van der Waals surface area contributed by atoms with Crippen LogP contribution in [0.5, 0.6) is 0 Å². The number of hydrogen-bond donors (Lipinski definition) is 1. The van der Waals surface area contributed by atoms with Crippen LogP contribution < -0.4 is 0 Å². The highest BCUT2D eigenvalue weighted by atomic mass is 16.4. The highest BCUT2D eigenvalue weighted by molar-refractivity contribution is 5.96. The second-order valence-electron chi connectivity index (χ2n) is 4.62. The molecule has 0 amide bonds. The zero-order valence-corrected chi connectivity index (χ0v) is 10.9. The lowest BCUT2D eigenvalue weighted by atomic mass is 10.1. The largest absolute Gasteiger partial charge is 0.478 e. The van der Waals surface area contributed by atoms with E-state index in [0.717, 1.165) is 22.2 Å². The van der Waals surface area contributed by atoms with Gasteiger partial charge in [-0.15, -0.1) is 0 Å². The van der Waals surface area contributed by atoms with Crippen LogP contribution >= 0.6 is 0 Å². The van der Waals surface area contributed by atoms with Crippen molar-refractivity contribution in [3.8, 4) is 0 Å². The average Bonchev–Trinajstić information content (AvgIpc) is 2.84. The van der Waals surface area contributed by atoms with Crippen molar-refractivity contribution in [3.63, 3.8) is 0 Å². The number of fused-ring (bicyclic) bond motifs is 1. The molecule has 1 N–H and O–H groups in total. The summed E-state index contributed by atoms with van der Waals surface area (Å²) in [6.07, 6.45) is 6.93. The fourth-order valence-electron chi connectivity index (χ4n) is 2.43. The molecule has 3 rings (SSSR count). The quantitative estimate of drug-likeness (QED) is 0.791. The summed E-state index contributed by atoms with van der Waals surface area (Å²) in [6.45, 7) is 2.40. The molecule has 2 heterocycles. The number of aromatic carboxylic acids is 1. The van der Waals surface area contributed by atoms with E-state index in [1.807, 2.05) is 29.8 Å². The normalized spacial score (nSPS) is 10.8. The number of nitrogens with zero attached hydrogens (tertiary/aromatic N) is 3. The zero-order valence-electron chi connectivity index (χ0n) is 10.9. The number of carboxylic acid groups (broad SMARTS) is 1. The van der Waals surface area contributed by atoms with Gasteiger partial charge in [0.2, 0.25) is 0 Å². The first-order valence-corrected chi connectivity index (χ1v) is 6.23. The Hall–Kier alpha value is -2.69. The summed E-state index contributed by atoms with van der Waals surface area (Å²) < 4.78 is 2.00. The lowest BCUT2D eigenvalue weighted by Gasteiger charge is -2.09. The highest BCUT2D eigenvalue weighted by Crippen LogP contribution is 2.23. The summed E-state index contributed by atoms with van der Waals surface area (Å²) >= 11 is 0. The summed E-state index contributed by atoms with van der Waals surface area (Å²) in [5, 5.41) is 10.2. The Morgan fingerprint density at radius 3 is 2.85 bits per heavy atom. The molecule has 1 aromatic carbocycles. The summed E-state index contributed by atoms with van der Waals surface area (Å²) in [5.41, 5.74) is 2.86. The van der Waals surface area contributed by atoms with Crippen LogP contribution in [-0.2, 0) is 6.54 Å². The van der Waals surface area contributed by atoms with Gasteiger partial charge >= 0.3 is 5.97 Å². The minimum absolute atomic E-state index is 0.330. The van der Waals surface area contributed by atoms with Crippen LogP contribution in [0.4, 0.5) is 0 Å². The molecule has 0 spiro atoms. The minimum atomic E-state index is -0.906. The van der Waals surface area contributed by atoms with Gasteiger partial charge < -0.3 is 9.67 Å². The maximum absolute atomic E-state index is 11.2. The van der Waals surface area contributed by atoms with E-state index in [1.165, 1.54) is 0 Å². The zero-order chi connectivity index (χ0) is 14.1. The third-order valence-corrected chi connectivity index (χ3v) is 3.36. The van der Waals surface area contributed by atoms with Crippen LogP contribution in [0.2, 0.25) is 0 Å². The van der Waals surface area contributed by atoms with Crippen LogP contribution in [0.1, 0.15) is 21.6 Å². The molecular weight excluding hydrogens is 254 g/mol. The maximum atomic E-state index is 11.2. The van der Waals surface area contributed by atoms with Crippen LogP contribution in [0.25, 0.3) is 10.9 Å². The number of hydrogen-bond acceptors (Lipinski definition) is 3. The van der Waals surface area contributed by atoms with Gasteiger partial charge in [-0.3, -0.25) is 9.97 Å². The second-order valence-corrected chi connectivity index (χ2v) is 4.62. The predicted octanol–water partition coefficient (Wildman–Crippen LogP) is 2.49. The Bertz CT molecular complexity index is 778. The molecule has 0 bridgehead atoms. The molecule has 5 nitrogen and oxygen atoms in total. The molecule has 0 radical (unpaired) electrons. The van der Waals surface area contributed by atoms with Gasteiger partial charge in [-0.2, -0.15) is 0 Å². The van der Waals surface area contributed by atoms with Crippen molar-refractivity contribution in [1.29, 1.82) is 0 Å². The number of carbonyl (C=O) groups is 1. The molecule has 0 unspecified atom stereocenters. The summed E-state index contributed by atoms with van der Waals surface area (Å²) in [6, 6.07) is 5.45. The Balaban J connectivity index is 2.12. The fourth-order valence-corrected chi connectivity index (χ4v) is 2.43. The summed E-state index contributed by atoms with van der Waals surface area (Å²) in [4.78, 5) is 19.5. The third-order valence-electron chi connectivity index (χ3n) is 3.36. The number of aryl methyl sites for hydroxylation is 1. The van der Waals surface area contributed by atoms with E-state index in [2.05, 4.69) is 9.97 Å². The summed E-state index contributed by atoms with van der Waals surface area (Å²) in [5.74, 6) is -0.906. The number of benzene rings is 1. The van der Waals surface area contributed by atoms with E-state index in [0.29, 0.717) is 12.1 Å². The Morgan fingerprint density at radius 1 is 1.30 bits per heavy atom. The van der Waals surface area contributed by atoms with Gasteiger partial charge in [0.15, 0.2) is 0 Å². The molecule has 5 heteroatoms. The third kappa shape index (κ3) is 2.03. The van der Waals surface area contributed by atoms with E-state index in [9.17, 15) is 9.90 Å². The predicted molar refractivity (Wildman–Crippen MR) is 74.8 cm³/mol. The van der Waals surface area contributed by atoms with E-state index in [4.69, 9.17) is 0 Å². The topological polar surface area (TPSA) is 68.0 Å². The van der Waals surface area contributed by atoms with Gasteiger partial charge in [0.1, 0.15) is 0 Å². The monoisotopic (exact) mass is 267 g/mol. The van der Waals surface area contributed by atoms with Crippen LogP contribution in [-0.4, -0.2) is 25.6 Å². The summed E-state index contributed by atoms with van der Waals surface area (Å²) in [7, 11) is 0. The molecule has 0 aliphatic rings. The van der Waals surface area contributed by atoms with Crippen molar-refractivity contribution < 1.29 is 9.90 Å². The average molecular weight is 267 g/mol. The molecule has 0 saturated carbocycles. The van der Waals surface area contributed by atoms with Crippen molar-refractivity contribution in [2.75, 3.05) is 0 Å². The van der Waals surface area contributed by atoms with Crippen LogP contribution in [0.15, 0.2) is 43.0 Å². The molecule has 0 fully saturated rings. The second kappa shape index (κ2) is 4.77. The van der Waals surface area contributed by atoms with Crippen molar-refractivity contribution in [1.82, 2.24) is 14.5 Å². The van der Waals surface area contributed by atoms with Crippen molar-refractivity contribution in [3.05, 3.63) is 59.8 Å². The molecule has 0 aliphatic heterocycles. The van der Waals surface area contributed by atoms with Gasteiger partial charge in [0.25, 0.3) is 0 Å². The standard InChI is InChI=1S/C15H13N3O2/c1-10-13(15(19)20)3-2-11-4-7-18(14(10)11)9-12-8-16-5-6-17-12/h2-8H,9H2,1H3,(H,19,20). The molecule has 0 aliphatic carbocycles. The van der Waals surface area contributed by atoms with Gasteiger partial charge in [-0.25, -0.2) is 4.79 Å². The lowest BCUT2D eigenvalue weighted by molar-refractivity contribution is 0.0696. The first-order valence-electron chi connectivity index (χ1n) is 6.23. The molecular formula is C15H13N3O2. The smallest absolute Gasteiger partial charge is 0.336 e. The lowest BCUT2D eigenvalue weighted by Crippen LogP contribution is -2.05. The number of aromatic nitrogens is 3. The highest BCUT2D eigenvalue weighted by Gasteiger charge is 2.13. The first-order chi connectivity index (χ1) is 9.66. The van der Waals surface area contributed by atoms with Gasteiger partial charge in [-0.05, 0) is 30.0 Å². The molecule has 0 atom stereocenters. The van der Waals surface area contributed by atoms with Crippen LogP contribution in [0, 0.1) is 6.92 Å². The van der Waals surface area contributed by atoms with Gasteiger partial charge in [0.05, 0.1) is 29.5 Å². The van der Waals surface area contributed by atoms with Crippen molar-refractivity contribution >= 4 is 16.9 Å². The number of rotatable bonds is 3. The Labute approximate surface area is 115 Å². The van der Waals surface area contributed by atoms with Gasteiger partial charge in [-0.1, -0.05) is 6.07 Å². The fraction of sp³-hybridized carbons (Fsp3) is 0.133. The molecule has 3 aromatic rings. The molecule has 20 heavy (non-hydrogen) atoms. The van der Waals surface area contributed by atoms with Crippen LogP contribution in [0.3, 0.4) is 0 Å². The molecule has 100 valence electrons. The number of carboxylic acids is 1. The minimum Gasteiger partial charge on any atom is -0.478 e. The van der Waals surface area contributed by atoms with E-state index >= 15 is 0 Å². The maximum Gasteiger partial charge on any atom is 0.336 e. The van der Waals surface area contributed by atoms with Gasteiger partial charge in [0, 0.05) is 18.6 Å². The van der Waals surface area contributed by atoms with E-state index in [-0.39, 0.29) is 0 Å². The van der Waals surface area contributed by atoms with E-state index in [1.54, 1.807) is 24.7 Å². The SMILES string of the molecule is Cc1c(C(=O)O)ccc2ccn(Cc3cnccn3)c12. The Kier molecular flexibility index (Phi) is 2.95. The van der Waals surface area contributed by atoms with E-state index < -0.39 is 5.97 Å². The molecule has 2 aromatic heterocycles. The Morgan fingerprint density at radius 2 is 2.15 bits per heavy atom. The van der Waals surface area contributed by atoms with Crippen molar-refractivity contribution in [2.24, 2.45) is 0 Å². The first kappa shape index (κ1) is 12.3. The van der Waals surface area contributed by atoms with Crippen molar-refractivity contribution in [2.45, 2.75) is 13.5 Å².